The lowest BCUT2D eigenvalue weighted by atomic mass is 10.1. The van der Waals surface area contributed by atoms with Crippen LogP contribution in [0.25, 0.3) is 0 Å². The first-order chi connectivity index (χ1) is 9.49. The fourth-order valence-corrected chi connectivity index (χ4v) is 2.10. The van der Waals surface area contributed by atoms with Gasteiger partial charge < -0.3 is 10.2 Å². The predicted molar refractivity (Wildman–Crippen MR) is 81.3 cm³/mol. The van der Waals surface area contributed by atoms with E-state index in [0.717, 1.165) is 11.3 Å². The highest BCUT2D eigenvalue weighted by Crippen LogP contribution is 2.15. The van der Waals surface area contributed by atoms with E-state index in [1.165, 1.54) is 0 Å². The fourth-order valence-electron chi connectivity index (χ4n) is 2.10. The number of hydrogen-bond acceptors (Lipinski definition) is 3. The maximum absolute atomic E-state index is 12.1. The quantitative estimate of drug-likeness (QED) is 0.733. The molecule has 1 aromatic heterocycles. The van der Waals surface area contributed by atoms with E-state index < -0.39 is 0 Å². The molecule has 0 aliphatic carbocycles. The van der Waals surface area contributed by atoms with E-state index in [2.05, 4.69) is 23.6 Å². The second-order valence-corrected chi connectivity index (χ2v) is 4.82. The Kier molecular flexibility index (Phi) is 6.18. The molecule has 1 N–H and O–H groups in total. The average Bonchev–Trinajstić information content (AvgIpc) is 2.74. The average molecular weight is 276 g/mol. The van der Waals surface area contributed by atoms with E-state index in [4.69, 9.17) is 0 Å². The van der Waals surface area contributed by atoms with Crippen LogP contribution in [-0.4, -0.2) is 40.2 Å². The molecule has 5 nitrogen and oxygen atoms in total. The van der Waals surface area contributed by atoms with Crippen molar-refractivity contribution < 1.29 is 4.79 Å². The van der Waals surface area contributed by atoms with Crippen LogP contribution in [0.3, 0.4) is 0 Å². The number of carbonyl (C=O) groups excluding carboxylic acids is 1. The summed E-state index contributed by atoms with van der Waals surface area (Å²) in [5, 5.41) is 7.55. The number of aromatic nitrogens is 2. The first-order valence-electron chi connectivity index (χ1n) is 6.72. The van der Waals surface area contributed by atoms with Crippen LogP contribution >= 0.6 is 0 Å². The molecule has 0 fully saturated rings. The molecule has 1 atom stereocenters. The van der Waals surface area contributed by atoms with Gasteiger partial charge in [0.1, 0.15) is 0 Å². The van der Waals surface area contributed by atoms with Crippen molar-refractivity contribution in [2.45, 2.75) is 19.9 Å². The zero-order chi connectivity index (χ0) is 15.1. The predicted octanol–water partition coefficient (Wildman–Crippen LogP) is 1.58. The summed E-state index contributed by atoms with van der Waals surface area (Å²) >= 11 is 0. The highest BCUT2D eigenvalue weighted by Gasteiger charge is 2.15. The Labute approximate surface area is 121 Å². The van der Waals surface area contributed by atoms with Crippen molar-refractivity contribution in [1.82, 2.24) is 20.0 Å². The van der Waals surface area contributed by atoms with Gasteiger partial charge in [0.15, 0.2) is 0 Å². The van der Waals surface area contributed by atoms with Crippen LogP contribution in [0.4, 0.5) is 0 Å². The highest BCUT2D eigenvalue weighted by atomic mass is 16.2. The summed E-state index contributed by atoms with van der Waals surface area (Å²) in [5.74, 6) is 0.0400. The van der Waals surface area contributed by atoms with Gasteiger partial charge in [0.2, 0.25) is 5.91 Å². The molecule has 0 spiro atoms. The van der Waals surface area contributed by atoms with Crippen molar-refractivity contribution in [2.75, 3.05) is 19.6 Å². The maximum atomic E-state index is 12.1. The second kappa shape index (κ2) is 7.65. The third-order valence-corrected chi connectivity index (χ3v) is 3.13. The molecule has 5 heteroatoms. The number of carbonyl (C=O) groups is 1. The van der Waals surface area contributed by atoms with Crippen molar-refractivity contribution in [2.24, 2.45) is 7.05 Å². The molecule has 1 heterocycles. The summed E-state index contributed by atoms with van der Waals surface area (Å²) in [6, 6.07) is 0.0852. The first kappa shape index (κ1) is 16.2. The van der Waals surface area contributed by atoms with Crippen molar-refractivity contribution >= 4 is 5.91 Å². The van der Waals surface area contributed by atoms with Crippen LogP contribution in [0.5, 0.6) is 0 Å². The molecule has 110 valence electrons. The van der Waals surface area contributed by atoms with Crippen molar-refractivity contribution in [3.05, 3.63) is 42.8 Å². The third-order valence-electron chi connectivity index (χ3n) is 3.13. The van der Waals surface area contributed by atoms with E-state index >= 15 is 0 Å². The molecular formula is C15H24N4O. The number of nitrogens with one attached hydrogen (secondary N) is 1. The Morgan fingerprint density at radius 3 is 2.55 bits per heavy atom. The van der Waals surface area contributed by atoms with E-state index in [9.17, 15) is 4.79 Å². The smallest absolute Gasteiger partial charge is 0.237 e. The molecule has 0 aliphatic heterocycles. The van der Waals surface area contributed by atoms with Crippen LogP contribution in [0.15, 0.2) is 31.5 Å². The zero-order valence-corrected chi connectivity index (χ0v) is 12.6. The summed E-state index contributed by atoms with van der Waals surface area (Å²) in [6.45, 7) is 12.7. The van der Waals surface area contributed by atoms with Crippen LogP contribution in [-0.2, 0) is 11.8 Å². The highest BCUT2D eigenvalue weighted by molar-refractivity contribution is 5.78. The number of aryl methyl sites for hydroxylation is 2. The first-order valence-corrected chi connectivity index (χ1v) is 6.72. The van der Waals surface area contributed by atoms with Crippen molar-refractivity contribution in [1.29, 1.82) is 0 Å². The summed E-state index contributed by atoms with van der Waals surface area (Å²) < 4.78 is 1.78. The van der Waals surface area contributed by atoms with Gasteiger partial charge >= 0.3 is 0 Å². The molecule has 1 rings (SSSR count). The van der Waals surface area contributed by atoms with E-state index in [0.29, 0.717) is 13.1 Å². The van der Waals surface area contributed by atoms with Gasteiger partial charge in [0, 0.05) is 37.9 Å². The van der Waals surface area contributed by atoms with E-state index in [1.54, 1.807) is 21.7 Å². The standard InChI is InChI=1S/C15H24N4O/c1-6-8-19(9-7-2)15(20)10-16-12(3)14-11-18(5)17-13(14)4/h6-7,11-12,16H,1-2,8-10H2,3-5H3/t12-/m0/s1. The third kappa shape index (κ3) is 4.35. The summed E-state index contributed by atoms with van der Waals surface area (Å²) in [4.78, 5) is 13.8. The maximum Gasteiger partial charge on any atom is 0.237 e. The minimum Gasteiger partial charge on any atom is -0.334 e. The number of rotatable bonds is 8. The van der Waals surface area contributed by atoms with Crippen molar-refractivity contribution in [3.63, 3.8) is 0 Å². The Morgan fingerprint density at radius 2 is 2.10 bits per heavy atom. The Balaban J connectivity index is 2.56. The molecule has 0 aliphatic rings. The lowest BCUT2D eigenvalue weighted by molar-refractivity contribution is -0.129. The number of hydrogen-bond donors (Lipinski definition) is 1. The topological polar surface area (TPSA) is 50.2 Å². The molecule has 1 amide bonds. The minimum atomic E-state index is 0.0400. The fraction of sp³-hybridized carbons (Fsp3) is 0.467. The van der Waals surface area contributed by atoms with Gasteiger partial charge in [-0.1, -0.05) is 12.2 Å². The molecule has 0 saturated heterocycles. The largest absolute Gasteiger partial charge is 0.334 e. The Hall–Kier alpha value is -1.88. The van der Waals surface area contributed by atoms with Crippen LogP contribution in [0, 0.1) is 6.92 Å². The number of nitrogens with zero attached hydrogens (tertiary/aromatic N) is 3. The molecular weight excluding hydrogens is 252 g/mol. The van der Waals surface area contributed by atoms with Gasteiger partial charge in [-0.15, -0.1) is 13.2 Å². The van der Waals surface area contributed by atoms with E-state index in [-0.39, 0.29) is 18.5 Å². The van der Waals surface area contributed by atoms with Crippen LogP contribution in [0.2, 0.25) is 0 Å². The van der Waals surface area contributed by atoms with Gasteiger partial charge in [0.05, 0.1) is 12.2 Å². The molecule has 0 saturated carbocycles. The van der Waals surface area contributed by atoms with Gasteiger partial charge in [-0.3, -0.25) is 9.48 Å². The minimum absolute atomic E-state index is 0.0400. The lowest BCUT2D eigenvalue weighted by Gasteiger charge is -2.21. The lowest BCUT2D eigenvalue weighted by Crippen LogP contribution is -2.39. The van der Waals surface area contributed by atoms with Gasteiger partial charge in [0.25, 0.3) is 0 Å². The normalized spacial score (nSPS) is 11.9. The van der Waals surface area contributed by atoms with Crippen LogP contribution < -0.4 is 5.32 Å². The Bertz CT molecular complexity index is 468. The van der Waals surface area contributed by atoms with Crippen LogP contribution in [0.1, 0.15) is 24.2 Å². The monoisotopic (exact) mass is 276 g/mol. The molecule has 0 bridgehead atoms. The van der Waals surface area contributed by atoms with Gasteiger partial charge in [-0.2, -0.15) is 5.10 Å². The SMILES string of the molecule is C=CCN(CC=C)C(=O)CN[C@@H](C)c1cn(C)nc1C. The zero-order valence-electron chi connectivity index (χ0n) is 12.6. The molecule has 1 aromatic rings. The molecule has 20 heavy (non-hydrogen) atoms. The summed E-state index contributed by atoms with van der Waals surface area (Å²) in [7, 11) is 1.89. The van der Waals surface area contributed by atoms with Gasteiger partial charge in [-0.05, 0) is 13.8 Å². The summed E-state index contributed by atoms with van der Waals surface area (Å²) in [6.07, 6.45) is 5.41. The molecule has 0 radical (unpaired) electrons. The Morgan fingerprint density at radius 1 is 1.50 bits per heavy atom. The second-order valence-electron chi connectivity index (χ2n) is 4.82. The number of amides is 1. The van der Waals surface area contributed by atoms with E-state index in [1.807, 2.05) is 27.1 Å². The summed E-state index contributed by atoms with van der Waals surface area (Å²) in [5.41, 5.74) is 2.09. The molecule has 0 unspecified atom stereocenters. The van der Waals surface area contributed by atoms with Gasteiger partial charge in [-0.25, -0.2) is 0 Å². The van der Waals surface area contributed by atoms with Crippen molar-refractivity contribution in [3.8, 4) is 0 Å². The molecule has 0 aromatic carbocycles.